The van der Waals surface area contributed by atoms with E-state index in [1.54, 1.807) is 24.3 Å². The fourth-order valence-electron chi connectivity index (χ4n) is 3.64. The maximum atomic E-state index is 14.0. The van der Waals surface area contributed by atoms with Gasteiger partial charge >= 0.3 is 12.1 Å². The van der Waals surface area contributed by atoms with Crippen LogP contribution >= 0.6 is 0 Å². The number of hydrogen-bond donors (Lipinski definition) is 0. The third-order valence-electron chi connectivity index (χ3n) is 5.39. The van der Waals surface area contributed by atoms with Crippen LogP contribution in [0.3, 0.4) is 0 Å². The van der Waals surface area contributed by atoms with Gasteiger partial charge in [0, 0.05) is 6.07 Å². The largest absolute Gasteiger partial charge is 0.493 e. The Bertz CT molecular complexity index is 1480. The van der Waals surface area contributed by atoms with E-state index in [0.717, 1.165) is 11.6 Å². The minimum Gasteiger partial charge on any atom is -0.493 e. The highest BCUT2D eigenvalue weighted by Crippen LogP contribution is 2.40. The van der Waals surface area contributed by atoms with E-state index in [1.165, 1.54) is 44.6 Å². The second-order valence-corrected chi connectivity index (χ2v) is 7.80. The molecule has 0 amide bonds. The van der Waals surface area contributed by atoms with Crippen molar-refractivity contribution in [2.75, 3.05) is 20.8 Å². The molecule has 1 heterocycles. The second-order valence-electron chi connectivity index (χ2n) is 7.80. The third-order valence-corrected chi connectivity index (χ3v) is 5.39. The van der Waals surface area contributed by atoms with E-state index in [4.69, 9.17) is 23.4 Å². The van der Waals surface area contributed by atoms with Crippen LogP contribution in [0.2, 0.25) is 0 Å². The van der Waals surface area contributed by atoms with Crippen molar-refractivity contribution < 1.29 is 41.3 Å². The predicted molar refractivity (Wildman–Crippen MR) is 128 cm³/mol. The normalized spacial score (nSPS) is 11.3. The summed E-state index contributed by atoms with van der Waals surface area (Å²) in [6, 6.07) is 16.7. The van der Waals surface area contributed by atoms with Gasteiger partial charge in [-0.25, -0.2) is 4.79 Å². The number of rotatable bonds is 8. The zero-order valence-corrected chi connectivity index (χ0v) is 19.8. The number of halogens is 3. The van der Waals surface area contributed by atoms with Crippen molar-refractivity contribution in [2.24, 2.45) is 0 Å². The molecule has 0 aliphatic rings. The average molecular weight is 514 g/mol. The van der Waals surface area contributed by atoms with E-state index in [0.29, 0.717) is 0 Å². The van der Waals surface area contributed by atoms with Crippen molar-refractivity contribution in [2.45, 2.75) is 12.8 Å². The van der Waals surface area contributed by atoms with Gasteiger partial charge in [-0.3, -0.25) is 4.79 Å². The molecule has 0 spiro atoms. The van der Waals surface area contributed by atoms with Crippen LogP contribution in [0, 0.1) is 0 Å². The van der Waals surface area contributed by atoms with Crippen LogP contribution in [0.4, 0.5) is 13.2 Å². The molecule has 1 aromatic heterocycles. The molecule has 0 saturated heterocycles. The first-order valence-corrected chi connectivity index (χ1v) is 10.9. The summed E-state index contributed by atoms with van der Waals surface area (Å²) in [4.78, 5) is 25.2. The fraction of sp³-hybridized carbons (Fsp3) is 0.185. The Kier molecular flexibility index (Phi) is 7.37. The molecule has 4 rings (SSSR count). The van der Waals surface area contributed by atoms with E-state index in [2.05, 4.69) is 0 Å². The molecule has 0 fully saturated rings. The monoisotopic (exact) mass is 514 g/mol. The lowest BCUT2D eigenvalue weighted by Crippen LogP contribution is -2.17. The summed E-state index contributed by atoms with van der Waals surface area (Å²) in [7, 11) is 2.71. The fourth-order valence-corrected chi connectivity index (χ4v) is 3.64. The Morgan fingerprint density at radius 3 is 2.32 bits per heavy atom. The highest BCUT2D eigenvalue weighted by atomic mass is 19.4. The van der Waals surface area contributed by atoms with Crippen LogP contribution in [-0.4, -0.2) is 26.8 Å². The average Bonchev–Trinajstić information content (AvgIpc) is 2.90. The van der Waals surface area contributed by atoms with E-state index >= 15 is 0 Å². The van der Waals surface area contributed by atoms with Crippen molar-refractivity contribution in [1.29, 1.82) is 0 Å². The molecule has 0 radical (unpaired) electrons. The van der Waals surface area contributed by atoms with Crippen LogP contribution in [0.5, 0.6) is 17.2 Å². The van der Waals surface area contributed by atoms with Gasteiger partial charge in [-0.2, -0.15) is 13.2 Å². The van der Waals surface area contributed by atoms with Gasteiger partial charge in [-0.1, -0.05) is 36.4 Å². The van der Waals surface area contributed by atoms with Crippen LogP contribution < -0.4 is 19.6 Å². The third kappa shape index (κ3) is 5.69. The maximum absolute atomic E-state index is 14.0. The number of fused-ring (bicyclic) bond motifs is 1. The van der Waals surface area contributed by atoms with Crippen molar-refractivity contribution in [3.63, 3.8) is 0 Å². The highest BCUT2D eigenvalue weighted by Gasteiger charge is 2.39. The summed E-state index contributed by atoms with van der Waals surface area (Å²) in [5.41, 5.74) is -1.18. The number of hydrogen-bond acceptors (Lipinski definition) is 7. The molecule has 0 aliphatic heterocycles. The first-order chi connectivity index (χ1) is 17.7. The minimum atomic E-state index is -4.98. The number of alkyl halides is 3. The number of benzene rings is 3. The maximum Gasteiger partial charge on any atom is 0.450 e. The standard InChI is InChI=1S/C27H21F3O7/c1-33-20-11-8-17(12-22(20)34-2)24-25(32)19-10-9-18(13-21(19)37-26(24)27(28,29)30)35-15-23(31)36-14-16-6-4-3-5-7-16/h3-13H,14-15H2,1-2H3. The summed E-state index contributed by atoms with van der Waals surface area (Å²) in [6.07, 6.45) is -4.98. The molecule has 37 heavy (non-hydrogen) atoms. The van der Waals surface area contributed by atoms with E-state index in [1.807, 2.05) is 6.07 Å². The van der Waals surface area contributed by atoms with E-state index < -0.39 is 35.5 Å². The van der Waals surface area contributed by atoms with Crippen LogP contribution in [-0.2, 0) is 22.3 Å². The Labute approximate surface area is 208 Å². The summed E-state index contributed by atoms with van der Waals surface area (Å²) < 4.78 is 67.8. The molecular weight excluding hydrogens is 493 g/mol. The Balaban J connectivity index is 1.64. The summed E-state index contributed by atoms with van der Waals surface area (Å²) >= 11 is 0. The van der Waals surface area contributed by atoms with E-state index in [9.17, 15) is 22.8 Å². The van der Waals surface area contributed by atoms with Gasteiger partial charge in [0.05, 0.1) is 25.2 Å². The molecular formula is C27H21F3O7. The van der Waals surface area contributed by atoms with Crippen molar-refractivity contribution in [3.05, 3.63) is 88.3 Å². The molecule has 0 atom stereocenters. The summed E-state index contributed by atoms with van der Waals surface area (Å²) in [6.45, 7) is -0.443. The summed E-state index contributed by atoms with van der Waals surface area (Å²) in [5.74, 6) is -1.69. The van der Waals surface area contributed by atoms with Crippen molar-refractivity contribution in [1.82, 2.24) is 0 Å². The van der Waals surface area contributed by atoms with Gasteiger partial charge in [0.1, 0.15) is 17.9 Å². The number of carbonyl (C=O) groups is 1. The molecule has 4 aromatic rings. The molecule has 0 bridgehead atoms. The van der Waals surface area contributed by atoms with Gasteiger partial charge in [0.2, 0.25) is 11.2 Å². The lowest BCUT2D eigenvalue weighted by atomic mass is 10.0. The molecule has 0 saturated carbocycles. The molecule has 10 heteroatoms. The molecule has 192 valence electrons. The highest BCUT2D eigenvalue weighted by molar-refractivity contribution is 5.84. The smallest absolute Gasteiger partial charge is 0.450 e. The topological polar surface area (TPSA) is 84.2 Å². The van der Waals surface area contributed by atoms with Crippen LogP contribution in [0.15, 0.2) is 75.9 Å². The number of carbonyl (C=O) groups excluding carboxylic acids is 1. The Hall–Kier alpha value is -4.47. The molecule has 3 aromatic carbocycles. The molecule has 0 unspecified atom stereocenters. The first-order valence-electron chi connectivity index (χ1n) is 10.9. The number of methoxy groups -OCH3 is 2. The molecule has 0 aliphatic carbocycles. The van der Waals surface area contributed by atoms with Crippen molar-refractivity contribution >= 4 is 16.9 Å². The quantitative estimate of drug-likeness (QED) is 0.282. The zero-order chi connectivity index (χ0) is 26.6. The van der Waals surface area contributed by atoms with E-state index in [-0.39, 0.29) is 40.4 Å². The van der Waals surface area contributed by atoms with Crippen LogP contribution in [0.25, 0.3) is 22.1 Å². The SMILES string of the molecule is COc1ccc(-c2c(C(F)(F)F)oc3cc(OCC(=O)OCc4ccccc4)ccc3c2=O)cc1OC. The minimum absolute atomic E-state index is 0.0271. The lowest BCUT2D eigenvalue weighted by Gasteiger charge is -2.15. The van der Waals surface area contributed by atoms with Gasteiger partial charge in [0.25, 0.3) is 0 Å². The van der Waals surface area contributed by atoms with Gasteiger partial charge < -0.3 is 23.4 Å². The number of ether oxygens (including phenoxy) is 4. The summed E-state index contributed by atoms with van der Waals surface area (Å²) in [5, 5.41) is -0.100. The lowest BCUT2D eigenvalue weighted by molar-refractivity contribution is -0.152. The second kappa shape index (κ2) is 10.7. The first kappa shape index (κ1) is 25.6. The van der Waals surface area contributed by atoms with Gasteiger partial charge in [-0.05, 0) is 35.4 Å². The van der Waals surface area contributed by atoms with Crippen LogP contribution in [0.1, 0.15) is 11.3 Å². The van der Waals surface area contributed by atoms with Crippen molar-refractivity contribution in [3.8, 4) is 28.4 Å². The Morgan fingerprint density at radius 2 is 1.65 bits per heavy atom. The van der Waals surface area contributed by atoms with Gasteiger partial charge in [-0.15, -0.1) is 0 Å². The molecule has 7 nitrogen and oxygen atoms in total. The zero-order valence-electron chi connectivity index (χ0n) is 19.8. The molecule has 0 N–H and O–H groups in total. The van der Waals surface area contributed by atoms with Gasteiger partial charge in [0.15, 0.2) is 18.1 Å². The predicted octanol–water partition coefficient (Wildman–Crippen LogP) is 5.62. The number of esters is 1. The Morgan fingerprint density at radius 1 is 0.919 bits per heavy atom.